The number of hydrogen-bond donors (Lipinski definition) is 1. The maximum Gasteiger partial charge on any atom is 0.220 e. The van der Waals surface area contributed by atoms with Crippen molar-refractivity contribution >= 4 is 11.8 Å². The predicted octanol–water partition coefficient (Wildman–Crippen LogP) is 2.38. The molecule has 0 aliphatic carbocycles. The fourth-order valence-electron chi connectivity index (χ4n) is 4.14. The average molecular weight is 391 g/mol. The second kappa shape index (κ2) is 8.46. The highest BCUT2D eigenvalue weighted by molar-refractivity contribution is 5.77. The Morgan fingerprint density at radius 2 is 1.79 bits per heavy atom. The molecule has 0 aromatic heterocycles. The van der Waals surface area contributed by atoms with Crippen LogP contribution in [0, 0.1) is 11.3 Å². The van der Waals surface area contributed by atoms with Crippen LogP contribution in [-0.2, 0) is 9.59 Å². The van der Waals surface area contributed by atoms with Crippen LogP contribution in [0.1, 0.15) is 30.9 Å². The van der Waals surface area contributed by atoms with Crippen molar-refractivity contribution in [2.24, 2.45) is 0 Å². The molecule has 150 valence electrons. The predicted molar refractivity (Wildman–Crippen MR) is 110 cm³/mol. The first-order chi connectivity index (χ1) is 13.9. The number of amides is 2. The Hall–Kier alpha value is -3.17. The van der Waals surface area contributed by atoms with Crippen LogP contribution in [0.2, 0.25) is 0 Å². The molecule has 3 rings (SSSR count). The number of rotatable bonds is 5. The lowest BCUT2D eigenvalue weighted by molar-refractivity contribution is -0.151. The molecule has 2 amide bonds. The fraction of sp³-hybridized carbons (Fsp3) is 0.348. The Balaban J connectivity index is 1.89. The quantitative estimate of drug-likeness (QED) is 0.848. The zero-order valence-electron chi connectivity index (χ0n) is 16.9. The molecule has 6 heteroatoms. The number of carbonyl (C=O) groups excluding carboxylic acids is 2. The molecule has 3 atom stereocenters. The topological polar surface area (TPSA) is 84.6 Å². The number of likely N-dealkylation sites (tertiary alicyclic amines) is 1. The molecule has 1 aliphatic heterocycles. The normalized spacial score (nSPS) is 20.5. The lowest BCUT2D eigenvalue weighted by atomic mass is 9.74. The minimum Gasteiger partial charge on any atom is -0.394 e. The summed E-state index contributed by atoms with van der Waals surface area (Å²) in [5.74, 6) is -0.218. The second-order valence-corrected chi connectivity index (χ2v) is 7.48. The summed E-state index contributed by atoms with van der Waals surface area (Å²) in [6.07, 6.45) is 0. The van der Waals surface area contributed by atoms with Crippen LogP contribution in [0.15, 0.2) is 48.5 Å². The van der Waals surface area contributed by atoms with E-state index in [1.54, 1.807) is 22.9 Å². The number of nitriles is 1. The molecular weight excluding hydrogens is 366 g/mol. The average Bonchev–Trinajstić information content (AvgIpc) is 2.70. The zero-order chi connectivity index (χ0) is 21.1. The van der Waals surface area contributed by atoms with Gasteiger partial charge in [0.25, 0.3) is 0 Å². The maximum atomic E-state index is 12.1. The van der Waals surface area contributed by atoms with Gasteiger partial charge in [-0.2, -0.15) is 5.26 Å². The third kappa shape index (κ3) is 4.01. The summed E-state index contributed by atoms with van der Waals surface area (Å²) in [5.41, 5.74) is 3.58. The molecule has 2 aromatic rings. The molecule has 29 heavy (non-hydrogen) atoms. The minimum atomic E-state index is -0.300. The minimum absolute atomic E-state index is 0.0507. The fourth-order valence-corrected chi connectivity index (χ4v) is 4.14. The number of hydrogen-bond acceptors (Lipinski definition) is 4. The van der Waals surface area contributed by atoms with Crippen LogP contribution in [0.25, 0.3) is 11.1 Å². The van der Waals surface area contributed by atoms with Gasteiger partial charge in [0.05, 0.1) is 30.3 Å². The summed E-state index contributed by atoms with van der Waals surface area (Å²) in [6, 6.07) is 17.1. The molecule has 0 saturated carbocycles. The van der Waals surface area contributed by atoms with Crippen molar-refractivity contribution in [3.05, 3.63) is 59.7 Å². The Bertz CT molecular complexity index is 949. The van der Waals surface area contributed by atoms with Crippen molar-refractivity contribution in [1.29, 1.82) is 5.26 Å². The third-order valence-corrected chi connectivity index (χ3v) is 5.71. The summed E-state index contributed by atoms with van der Waals surface area (Å²) < 4.78 is 0. The highest BCUT2D eigenvalue weighted by Gasteiger charge is 2.50. The number of benzene rings is 2. The molecule has 1 heterocycles. The van der Waals surface area contributed by atoms with E-state index in [0.29, 0.717) is 12.1 Å². The molecule has 0 bridgehead atoms. The number of carbonyl (C=O) groups is 2. The van der Waals surface area contributed by atoms with E-state index in [2.05, 4.69) is 6.07 Å². The number of likely N-dealkylation sites (N-methyl/N-ethyl adjacent to an activating group) is 1. The van der Waals surface area contributed by atoms with Crippen LogP contribution in [0.3, 0.4) is 0 Å². The van der Waals surface area contributed by atoms with Crippen molar-refractivity contribution in [2.45, 2.75) is 31.8 Å². The van der Waals surface area contributed by atoms with Crippen molar-refractivity contribution in [3.63, 3.8) is 0 Å². The van der Waals surface area contributed by atoms with Crippen molar-refractivity contribution in [3.8, 4) is 17.2 Å². The first-order valence-corrected chi connectivity index (χ1v) is 9.59. The Morgan fingerprint density at radius 3 is 2.34 bits per heavy atom. The molecular formula is C23H25N3O3. The number of nitrogens with zero attached hydrogens (tertiary/aromatic N) is 3. The van der Waals surface area contributed by atoms with Gasteiger partial charge in [0.1, 0.15) is 0 Å². The maximum absolute atomic E-state index is 12.1. The van der Waals surface area contributed by atoms with E-state index in [-0.39, 0.29) is 36.4 Å². The molecule has 0 radical (unpaired) electrons. The van der Waals surface area contributed by atoms with Crippen LogP contribution in [0.4, 0.5) is 0 Å². The van der Waals surface area contributed by atoms with Crippen molar-refractivity contribution < 1.29 is 14.7 Å². The molecule has 1 aliphatic rings. The Morgan fingerprint density at radius 1 is 1.10 bits per heavy atom. The van der Waals surface area contributed by atoms with E-state index in [4.69, 9.17) is 5.26 Å². The van der Waals surface area contributed by atoms with E-state index in [1.807, 2.05) is 42.5 Å². The summed E-state index contributed by atoms with van der Waals surface area (Å²) in [6.45, 7) is 3.28. The number of aliphatic hydroxyl groups is 1. The van der Waals surface area contributed by atoms with Crippen LogP contribution < -0.4 is 0 Å². The highest BCUT2D eigenvalue weighted by atomic mass is 16.3. The SMILES string of the molecule is CC(=O)N(C)C[C@@H]1[C@@H](c2ccc(-c3cccc(C#N)c3)cc2)[C@H](CO)N1C(C)=O. The largest absolute Gasteiger partial charge is 0.394 e. The summed E-state index contributed by atoms with van der Waals surface area (Å²) in [4.78, 5) is 27.1. The van der Waals surface area contributed by atoms with Gasteiger partial charge in [0, 0.05) is 33.4 Å². The first kappa shape index (κ1) is 20.6. The highest BCUT2D eigenvalue weighted by Crippen LogP contribution is 2.41. The van der Waals surface area contributed by atoms with Gasteiger partial charge in [-0.3, -0.25) is 9.59 Å². The molecule has 6 nitrogen and oxygen atoms in total. The standard InChI is InChI=1S/C23H25N3O3/c1-15(28)25(3)13-21-23(22(14-27)26(21)16(2)29)19-9-7-18(8-10-19)20-6-4-5-17(11-20)12-24/h4-11,21-23,27H,13-14H2,1-3H3/t21-,22+,23-/m1/s1. The van der Waals surface area contributed by atoms with Gasteiger partial charge < -0.3 is 14.9 Å². The van der Waals surface area contributed by atoms with Gasteiger partial charge in [-0.1, -0.05) is 36.4 Å². The monoisotopic (exact) mass is 391 g/mol. The molecule has 1 fully saturated rings. The van der Waals surface area contributed by atoms with Crippen molar-refractivity contribution in [1.82, 2.24) is 9.80 Å². The Labute approximate surface area is 171 Å². The smallest absolute Gasteiger partial charge is 0.220 e. The number of aliphatic hydroxyl groups excluding tert-OH is 1. The van der Waals surface area contributed by atoms with Gasteiger partial charge in [-0.15, -0.1) is 0 Å². The van der Waals surface area contributed by atoms with Crippen LogP contribution in [0.5, 0.6) is 0 Å². The zero-order valence-corrected chi connectivity index (χ0v) is 16.9. The summed E-state index contributed by atoms with van der Waals surface area (Å²) in [5, 5.41) is 19.0. The van der Waals surface area contributed by atoms with E-state index >= 15 is 0 Å². The van der Waals surface area contributed by atoms with Gasteiger partial charge >= 0.3 is 0 Å². The summed E-state index contributed by atoms with van der Waals surface area (Å²) >= 11 is 0. The second-order valence-electron chi connectivity index (χ2n) is 7.48. The molecule has 0 unspecified atom stereocenters. The summed E-state index contributed by atoms with van der Waals surface area (Å²) in [7, 11) is 1.72. The lowest BCUT2D eigenvalue weighted by Gasteiger charge is -2.55. The first-order valence-electron chi connectivity index (χ1n) is 9.59. The lowest BCUT2D eigenvalue weighted by Crippen LogP contribution is -2.68. The van der Waals surface area contributed by atoms with Gasteiger partial charge in [0.15, 0.2) is 0 Å². The third-order valence-electron chi connectivity index (χ3n) is 5.71. The van der Waals surface area contributed by atoms with E-state index < -0.39 is 0 Å². The van der Waals surface area contributed by atoms with E-state index in [9.17, 15) is 14.7 Å². The van der Waals surface area contributed by atoms with E-state index in [0.717, 1.165) is 16.7 Å². The van der Waals surface area contributed by atoms with Crippen molar-refractivity contribution in [2.75, 3.05) is 20.2 Å². The Kier molecular flexibility index (Phi) is 6.00. The van der Waals surface area contributed by atoms with Crippen LogP contribution in [-0.4, -0.2) is 59.0 Å². The van der Waals surface area contributed by atoms with Gasteiger partial charge in [-0.05, 0) is 28.8 Å². The van der Waals surface area contributed by atoms with Crippen LogP contribution >= 0.6 is 0 Å². The molecule has 0 spiro atoms. The van der Waals surface area contributed by atoms with Gasteiger partial charge in [0.2, 0.25) is 11.8 Å². The van der Waals surface area contributed by atoms with Gasteiger partial charge in [-0.25, -0.2) is 0 Å². The molecule has 2 aromatic carbocycles. The molecule has 1 saturated heterocycles. The molecule has 1 N–H and O–H groups in total. The van der Waals surface area contributed by atoms with E-state index in [1.165, 1.54) is 13.8 Å².